The Morgan fingerprint density at radius 2 is 1.17 bits per heavy atom. The summed E-state index contributed by atoms with van der Waals surface area (Å²) in [6.07, 6.45) is 12.1. The van der Waals surface area contributed by atoms with Crippen LogP contribution in [0.1, 0.15) is 79.0 Å². The highest BCUT2D eigenvalue weighted by Gasteiger charge is 2.49. The summed E-state index contributed by atoms with van der Waals surface area (Å²) in [5.41, 5.74) is 23.0. The zero-order chi connectivity index (χ0) is 71.8. The maximum absolute atomic E-state index is 14.6. The van der Waals surface area contributed by atoms with E-state index < -0.39 is 22.1 Å². The molecule has 1 atom stereocenters. The molecule has 4 fully saturated rings. The van der Waals surface area contributed by atoms with E-state index in [0.717, 1.165) is 92.2 Å². The molecule has 2 bridgehead atoms. The van der Waals surface area contributed by atoms with Crippen LogP contribution in [-0.4, -0.2) is 134 Å². The number of nitrogens with two attached hydrogens (primary N) is 2. The molecule has 12 aromatic rings. The molecule has 0 amide bonds. The summed E-state index contributed by atoms with van der Waals surface area (Å²) in [5.74, 6) is 1.43. The van der Waals surface area contributed by atoms with Gasteiger partial charge in [-0.05, 0) is 152 Å². The van der Waals surface area contributed by atoms with E-state index in [-0.39, 0.29) is 33.1 Å². The maximum Gasteiger partial charge on any atom is 0.268 e. The molecule has 103 heavy (non-hydrogen) atoms. The molecular formula is C76H86FN23O3. The first-order valence-electron chi connectivity index (χ1n) is 33.6. The van der Waals surface area contributed by atoms with Crippen molar-refractivity contribution in [1.82, 2.24) is 80.6 Å². The minimum absolute atomic E-state index is 0. The average molecular weight is 1390 g/mol. The molecule has 530 valence electrons. The van der Waals surface area contributed by atoms with Gasteiger partial charge in [-0.3, -0.25) is 24.9 Å². The van der Waals surface area contributed by atoms with Crippen LogP contribution in [-0.2, 0) is 16.2 Å². The second kappa shape index (κ2) is 29.8. The summed E-state index contributed by atoms with van der Waals surface area (Å²) in [7, 11) is 0. The van der Waals surface area contributed by atoms with Gasteiger partial charge in [0, 0.05) is 120 Å². The Kier molecular flexibility index (Phi) is 19.9. The normalized spacial score (nSPS) is 16.3. The summed E-state index contributed by atoms with van der Waals surface area (Å²) < 4.78 is 32.0. The van der Waals surface area contributed by atoms with Crippen molar-refractivity contribution in [3.8, 4) is 121 Å². The number of rotatable bonds is 16. The molecule has 4 saturated heterocycles. The van der Waals surface area contributed by atoms with Crippen molar-refractivity contribution in [3.05, 3.63) is 187 Å². The van der Waals surface area contributed by atoms with Crippen LogP contribution in [0.2, 0.25) is 0 Å². The van der Waals surface area contributed by atoms with Crippen LogP contribution in [0, 0.1) is 59.6 Å². The van der Waals surface area contributed by atoms with Crippen molar-refractivity contribution >= 4 is 17.2 Å². The van der Waals surface area contributed by atoms with Gasteiger partial charge < -0.3 is 45.3 Å². The van der Waals surface area contributed by atoms with E-state index >= 15 is 0 Å². The smallest absolute Gasteiger partial charge is 0.268 e. The van der Waals surface area contributed by atoms with Gasteiger partial charge in [0.15, 0.2) is 17.3 Å². The van der Waals surface area contributed by atoms with Crippen molar-refractivity contribution in [2.45, 2.75) is 70.6 Å². The predicted molar refractivity (Wildman–Crippen MR) is 399 cm³/mol. The summed E-state index contributed by atoms with van der Waals surface area (Å²) >= 11 is 0. The third kappa shape index (κ3) is 14.9. The number of benzene rings is 3. The third-order valence-corrected chi connectivity index (χ3v) is 18.5. The van der Waals surface area contributed by atoms with E-state index in [1.54, 1.807) is 82.2 Å². The molecule has 13 heterocycles. The van der Waals surface area contributed by atoms with Gasteiger partial charge in [0.05, 0.1) is 98.7 Å². The second-order valence-corrected chi connectivity index (χ2v) is 26.2. The van der Waals surface area contributed by atoms with Crippen LogP contribution >= 0.6 is 0 Å². The Labute approximate surface area is 603 Å². The molecule has 4 aliphatic rings. The van der Waals surface area contributed by atoms with Gasteiger partial charge in [-0.2, -0.15) is 15.8 Å². The SMILES string of the molecule is Cc1ncc(-c2ccnc(C(C)(C)C#N)c2)nc1-c1nnc(-c2ccc(N3CCNCC3)cc2)o1.Cc1ncc(-c2ccnc(C(C)(C)C#N)c2)nc1-c1nnc(-c2ccc(NCCN)cc2F)o1.N#CC1(c2cc(-c3cnc(N)c(-c4cc(-c5ccccc5)no4)n3)ccn2)CN2CCC1CC2.[HH].[HH].[HH].[HH].[HH].[HH].[HH]. The number of hydrogen-bond donors (Lipinski definition) is 4. The number of nitrogens with zero attached hydrogens (tertiary/aromatic N) is 19. The van der Waals surface area contributed by atoms with Gasteiger partial charge in [0.1, 0.15) is 28.3 Å². The number of piperazine rings is 1. The number of aryl methyl sites for hydroxylation is 2. The molecule has 0 radical (unpaired) electrons. The summed E-state index contributed by atoms with van der Waals surface area (Å²) in [4.78, 5) is 45.5. The maximum atomic E-state index is 14.6. The van der Waals surface area contributed by atoms with Crippen molar-refractivity contribution in [2.24, 2.45) is 11.7 Å². The fourth-order valence-corrected chi connectivity index (χ4v) is 12.4. The van der Waals surface area contributed by atoms with Crippen molar-refractivity contribution in [2.75, 3.05) is 74.9 Å². The second-order valence-electron chi connectivity index (χ2n) is 26.2. The van der Waals surface area contributed by atoms with E-state index in [9.17, 15) is 20.2 Å². The molecule has 1 unspecified atom stereocenters. The number of pyridine rings is 3. The lowest BCUT2D eigenvalue weighted by molar-refractivity contribution is 0.0510. The highest BCUT2D eigenvalue weighted by atomic mass is 19.1. The summed E-state index contributed by atoms with van der Waals surface area (Å²) in [5, 5.41) is 56.3. The number of fused-ring (bicyclic) bond motifs is 3. The van der Waals surface area contributed by atoms with Crippen molar-refractivity contribution < 1.29 is 27.7 Å². The number of aromatic nitrogens is 14. The highest BCUT2D eigenvalue weighted by molar-refractivity contribution is 5.74. The Morgan fingerprint density at radius 3 is 1.75 bits per heavy atom. The van der Waals surface area contributed by atoms with Gasteiger partial charge in [0.2, 0.25) is 5.89 Å². The molecule has 6 N–H and O–H groups in total. The van der Waals surface area contributed by atoms with E-state index in [0.29, 0.717) is 105 Å². The number of halogens is 1. The molecule has 0 spiro atoms. The Morgan fingerprint density at radius 1 is 0.612 bits per heavy atom. The molecular weight excluding hydrogens is 1300 g/mol. The quantitative estimate of drug-likeness (QED) is 0.0698. The third-order valence-electron chi connectivity index (χ3n) is 18.5. The standard InChI is InChI=1S/C26H26N8O.C26H23N7O.C24H23FN8O.7H2/c1-17-23(31-21(15-30-17)19-8-9-29-22(14-19)26(2,3)16-27)25-33-32-24(35-25)18-4-6-20(7-5-18)34-12-10-28-11-13-34;27-15-26(16-33-10-7-19(26)8-11-33)23-12-18(6-9-29-23)21-14-30-25(28)24(31-21)22-13-20(32-34-22)17-4-2-1-3-5-17;1-14-21(31-19(12-30-14)15-6-8-29-20(10-15)24(2,3)13-27)23-33-32-22(34-23)17-5-4-16(11-18(17)25)28-9-7-26;;;;;;;/h4-9,14-15,28H,10-13H2,1-3H3;1-6,9,12-14,19H,7-8,10-11,16H2,(H2,28,30);4-6,8,10-12,28H,7,9,26H2,1-3H3;7*1H. The van der Waals surface area contributed by atoms with Gasteiger partial charge in [0.25, 0.3) is 17.7 Å². The Bertz CT molecular complexity index is 5200. The fraction of sp³-hybridized carbons (Fsp3) is 0.276. The fourth-order valence-electron chi connectivity index (χ4n) is 12.4. The molecule has 27 heteroatoms. The van der Waals surface area contributed by atoms with Crippen LogP contribution < -0.4 is 27.0 Å². The van der Waals surface area contributed by atoms with E-state index in [1.807, 2.05) is 93.6 Å². The summed E-state index contributed by atoms with van der Waals surface area (Å²) in [6, 6.07) is 42.7. The molecule has 26 nitrogen and oxygen atoms in total. The first kappa shape index (κ1) is 69.0. The number of nitrogen functional groups attached to an aromatic ring is 1. The first-order chi connectivity index (χ1) is 49.9. The van der Waals surface area contributed by atoms with E-state index in [1.165, 1.54) is 11.8 Å². The largest absolute Gasteiger partial charge is 0.415 e. The van der Waals surface area contributed by atoms with Crippen molar-refractivity contribution in [3.63, 3.8) is 0 Å². The minimum atomic E-state index is -0.752. The average Bonchev–Trinajstić information content (AvgIpc) is 1.06. The van der Waals surface area contributed by atoms with Crippen LogP contribution in [0.3, 0.4) is 0 Å². The molecule has 3 aromatic carbocycles. The minimum Gasteiger partial charge on any atom is -0.415 e. The summed E-state index contributed by atoms with van der Waals surface area (Å²) in [6.45, 7) is 18.7. The van der Waals surface area contributed by atoms with Gasteiger partial charge in [-0.1, -0.05) is 35.5 Å². The topological polar surface area (TPSA) is 374 Å². The van der Waals surface area contributed by atoms with Gasteiger partial charge in [-0.25, -0.2) is 24.3 Å². The lowest BCUT2D eigenvalue weighted by atomic mass is 9.65. The number of anilines is 3. The molecule has 0 aliphatic carbocycles. The number of hydrogen-bond acceptors (Lipinski definition) is 26. The van der Waals surface area contributed by atoms with Gasteiger partial charge in [-0.15, -0.1) is 20.4 Å². The molecule has 4 aliphatic heterocycles. The van der Waals surface area contributed by atoms with Crippen molar-refractivity contribution in [1.29, 1.82) is 15.8 Å². The number of nitriles is 3. The lowest BCUT2D eigenvalue weighted by Gasteiger charge is -2.49. The zero-order valence-corrected chi connectivity index (χ0v) is 57.5. The molecule has 16 rings (SSSR count). The number of piperidine rings is 3. The lowest BCUT2D eigenvalue weighted by Crippen LogP contribution is -2.56. The monoisotopic (exact) mass is 1390 g/mol. The van der Waals surface area contributed by atoms with Crippen LogP contribution in [0.15, 0.2) is 166 Å². The highest BCUT2D eigenvalue weighted by Crippen LogP contribution is 2.44. The van der Waals surface area contributed by atoms with Gasteiger partial charge >= 0.3 is 0 Å². The Hall–Kier alpha value is -12.5. The van der Waals surface area contributed by atoms with Crippen LogP contribution in [0.5, 0.6) is 0 Å². The van der Waals surface area contributed by atoms with E-state index in [4.69, 9.17) is 34.8 Å². The van der Waals surface area contributed by atoms with E-state index in [2.05, 4.69) is 111 Å². The number of nitrogens with one attached hydrogen (secondary N) is 2. The first-order valence-corrected chi connectivity index (χ1v) is 33.6. The molecule has 9 aromatic heterocycles. The molecule has 0 saturated carbocycles. The Balaban J connectivity index is 0.000000250. The zero-order valence-electron chi connectivity index (χ0n) is 57.5. The van der Waals surface area contributed by atoms with Crippen LogP contribution in [0.4, 0.5) is 21.6 Å². The van der Waals surface area contributed by atoms with Crippen LogP contribution in [0.25, 0.3) is 103 Å². The predicted octanol–water partition coefficient (Wildman–Crippen LogP) is 13.3.